The number of nitrogens with one attached hydrogen (secondary N) is 2. The van der Waals surface area contributed by atoms with Crippen LogP contribution in [0.4, 0.5) is 0 Å². The van der Waals surface area contributed by atoms with Crippen LogP contribution >= 0.6 is 24.0 Å². The average Bonchev–Trinajstić information content (AvgIpc) is 3.30. The number of aliphatic imine (C=N–C) groups is 1. The molecule has 3 atom stereocenters. The summed E-state index contributed by atoms with van der Waals surface area (Å²) < 4.78 is 17.0. The molecule has 4 aliphatic rings. The van der Waals surface area contributed by atoms with Gasteiger partial charge in [0.2, 0.25) is 0 Å². The van der Waals surface area contributed by atoms with Crippen molar-refractivity contribution in [1.82, 2.24) is 10.6 Å². The minimum absolute atomic E-state index is 0. The van der Waals surface area contributed by atoms with E-state index >= 15 is 0 Å². The maximum Gasteiger partial charge on any atom is 0.191 e. The van der Waals surface area contributed by atoms with Gasteiger partial charge < -0.3 is 24.5 Å². The van der Waals surface area contributed by atoms with Gasteiger partial charge in [0.1, 0.15) is 5.76 Å². The van der Waals surface area contributed by atoms with E-state index in [9.17, 15) is 0 Å². The van der Waals surface area contributed by atoms with Gasteiger partial charge >= 0.3 is 0 Å². The van der Waals surface area contributed by atoms with E-state index in [0.717, 1.165) is 57.3 Å². The number of hydrogen-bond donors (Lipinski definition) is 2. The van der Waals surface area contributed by atoms with Crippen LogP contribution in [0.2, 0.25) is 0 Å². The van der Waals surface area contributed by atoms with Gasteiger partial charge in [-0.3, -0.25) is 4.99 Å². The average molecular weight is 501 g/mol. The maximum absolute atomic E-state index is 6.07. The van der Waals surface area contributed by atoms with Crippen LogP contribution in [0.3, 0.4) is 0 Å². The topological polar surface area (TPSA) is 68.0 Å². The van der Waals surface area contributed by atoms with Crippen molar-refractivity contribution in [1.29, 1.82) is 0 Å². The first-order chi connectivity index (χ1) is 13.4. The van der Waals surface area contributed by atoms with E-state index in [0.29, 0.717) is 29.5 Å². The van der Waals surface area contributed by atoms with Crippen molar-refractivity contribution in [3.63, 3.8) is 0 Å². The fourth-order valence-electron chi connectivity index (χ4n) is 5.50. The lowest BCUT2D eigenvalue weighted by Gasteiger charge is -2.63. The second kappa shape index (κ2) is 8.92. The molecule has 5 rings (SSSR count). The second-order valence-corrected chi connectivity index (χ2v) is 8.54. The quantitative estimate of drug-likeness (QED) is 0.369. The monoisotopic (exact) mass is 501 g/mol. The van der Waals surface area contributed by atoms with Gasteiger partial charge in [-0.25, -0.2) is 0 Å². The van der Waals surface area contributed by atoms with Gasteiger partial charge in [-0.2, -0.15) is 0 Å². The summed E-state index contributed by atoms with van der Waals surface area (Å²) in [5, 5.41) is 7.52. The molecule has 3 heterocycles. The summed E-state index contributed by atoms with van der Waals surface area (Å²) in [5.74, 6) is 2.61. The molecule has 0 bridgehead atoms. The Morgan fingerprint density at radius 3 is 2.71 bits per heavy atom. The van der Waals surface area contributed by atoms with E-state index in [1.54, 1.807) is 6.26 Å². The van der Waals surface area contributed by atoms with Crippen LogP contribution in [0.1, 0.15) is 44.3 Å². The van der Waals surface area contributed by atoms with Crippen molar-refractivity contribution in [2.24, 2.45) is 16.3 Å². The summed E-state index contributed by atoms with van der Waals surface area (Å²) >= 11 is 0. The van der Waals surface area contributed by atoms with E-state index in [1.165, 1.54) is 25.7 Å². The largest absolute Gasteiger partial charge is 0.469 e. The van der Waals surface area contributed by atoms with E-state index in [2.05, 4.69) is 10.6 Å². The van der Waals surface area contributed by atoms with Crippen LogP contribution in [0.25, 0.3) is 0 Å². The van der Waals surface area contributed by atoms with Crippen molar-refractivity contribution in [2.45, 2.75) is 63.1 Å². The minimum Gasteiger partial charge on any atom is -0.469 e. The van der Waals surface area contributed by atoms with Crippen molar-refractivity contribution in [3.05, 3.63) is 24.2 Å². The number of nitrogens with zero attached hydrogens (tertiary/aromatic N) is 1. The first-order valence-corrected chi connectivity index (χ1v) is 10.6. The van der Waals surface area contributed by atoms with Crippen LogP contribution in [0, 0.1) is 11.3 Å². The molecule has 0 amide bonds. The molecular weight excluding hydrogens is 469 g/mol. The maximum atomic E-state index is 6.07. The Bertz CT molecular complexity index is 656. The summed E-state index contributed by atoms with van der Waals surface area (Å²) in [6, 6.07) is 4.91. The number of ether oxygens (including phenoxy) is 2. The van der Waals surface area contributed by atoms with Gasteiger partial charge in [0.25, 0.3) is 0 Å². The highest BCUT2D eigenvalue weighted by Crippen LogP contribution is 2.62. The fraction of sp³-hybridized carbons (Fsp3) is 0.762. The van der Waals surface area contributed by atoms with Crippen molar-refractivity contribution in [3.8, 4) is 0 Å². The molecule has 2 saturated carbocycles. The lowest BCUT2D eigenvalue weighted by Crippen LogP contribution is -2.72. The molecule has 1 aromatic heterocycles. The first-order valence-electron chi connectivity index (χ1n) is 10.6. The minimum atomic E-state index is 0. The van der Waals surface area contributed by atoms with Crippen molar-refractivity contribution < 1.29 is 13.9 Å². The van der Waals surface area contributed by atoms with Crippen molar-refractivity contribution >= 4 is 29.9 Å². The summed E-state index contributed by atoms with van der Waals surface area (Å²) in [5.41, 5.74) is 0.361. The van der Waals surface area contributed by atoms with Crippen molar-refractivity contribution in [2.75, 3.05) is 26.4 Å². The van der Waals surface area contributed by atoms with Crippen LogP contribution in [0.15, 0.2) is 27.8 Å². The number of furan rings is 1. The molecule has 156 valence electrons. The van der Waals surface area contributed by atoms with Gasteiger partial charge in [0, 0.05) is 56.2 Å². The third-order valence-corrected chi connectivity index (χ3v) is 7.10. The Labute approximate surface area is 184 Å². The zero-order valence-corrected chi connectivity index (χ0v) is 18.7. The van der Waals surface area contributed by atoms with Crippen LogP contribution in [0.5, 0.6) is 0 Å². The van der Waals surface area contributed by atoms with Crippen LogP contribution in [-0.4, -0.2) is 50.5 Å². The Hall–Kier alpha value is -0.800. The number of fused-ring (bicyclic) bond motifs is 2. The number of halogens is 1. The smallest absolute Gasteiger partial charge is 0.191 e. The zero-order chi connectivity index (χ0) is 18.1. The van der Waals surface area contributed by atoms with Gasteiger partial charge in [-0.05, 0) is 44.2 Å². The summed E-state index contributed by atoms with van der Waals surface area (Å²) in [4.78, 5) is 4.91. The molecule has 0 aromatic carbocycles. The number of rotatable bonds is 5. The van der Waals surface area contributed by atoms with Crippen LogP contribution in [-0.2, 0) is 15.9 Å². The summed E-state index contributed by atoms with van der Waals surface area (Å²) in [6.45, 7) is 3.33. The molecule has 7 heteroatoms. The highest BCUT2D eigenvalue weighted by molar-refractivity contribution is 14.0. The van der Waals surface area contributed by atoms with E-state index in [4.69, 9.17) is 18.9 Å². The summed E-state index contributed by atoms with van der Waals surface area (Å²) in [6.07, 6.45) is 10.2. The highest BCUT2D eigenvalue weighted by atomic mass is 127. The molecule has 2 aliphatic carbocycles. The Balaban J connectivity index is 0.00000192. The Kier molecular flexibility index (Phi) is 6.52. The molecule has 2 N–H and O–H groups in total. The fourth-order valence-corrected chi connectivity index (χ4v) is 5.50. The predicted octanol–water partition coefficient (Wildman–Crippen LogP) is 3.11. The lowest BCUT2D eigenvalue weighted by molar-refractivity contribution is -0.171. The summed E-state index contributed by atoms with van der Waals surface area (Å²) in [7, 11) is 0. The predicted molar refractivity (Wildman–Crippen MR) is 118 cm³/mol. The molecule has 2 saturated heterocycles. The highest BCUT2D eigenvalue weighted by Gasteiger charge is 2.66. The van der Waals surface area contributed by atoms with E-state index in [-0.39, 0.29) is 24.0 Å². The van der Waals surface area contributed by atoms with E-state index in [1.807, 2.05) is 12.1 Å². The second-order valence-electron chi connectivity index (χ2n) is 8.54. The molecule has 6 nitrogen and oxygen atoms in total. The zero-order valence-electron chi connectivity index (χ0n) is 16.4. The molecule has 1 spiro atoms. The Morgan fingerprint density at radius 2 is 2.00 bits per heavy atom. The first kappa shape index (κ1) is 20.5. The van der Waals surface area contributed by atoms with Crippen LogP contribution < -0.4 is 10.6 Å². The molecule has 2 aliphatic heterocycles. The number of hydrogen-bond acceptors (Lipinski definition) is 4. The molecule has 3 unspecified atom stereocenters. The molecule has 0 radical (unpaired) electrons. The lowest BCUT2D eigenvalue weighted by atomic mass is 9.46. The van der Waals surface area contributed by atoms with Gasteiger partial charge in [0.05, 0.1) is 12.4 Å². The normalized spacial score (nSPS) is 31.4. The third-order valence-electron chi connectivity index (χ3n) is 7.10. The van der Waals surface area contributed by atoms with E-state index < -0.39 is 0 Å². The van der Waals surface area contributed by atoms with Gasteiger partial charge in [-0.1, -0.05) is 6.42 Å². The molecule has 28 heavy (non-hydrogen) atoms. The number of guanidine groups is 1. The van der Waals surface area contributed by atoms with Gasteiger partial charge in [-0.15, -0.1) is 24.0 Å². The van der Waals surface area contributed by atoms with Gasteiger partial charge in [0.15, 0.2) is 5.96 Å². The molecule has 4 fully saturated rings. The third kappa shape index (κ3) is 3.81. The standard InChI is InChI=1S/C21H31N3O3.HI/c1-3-16(26-11-1)4-10-22-20(23-15-5-12-25-13-6-15)24-18-17-7-14-27-19(17)21(18)8-2-9-21;/h1,3,11,15,17-19H,2,4-10,12-14H2,(H2,22,23,24);1H. The Morgan fingerprint density at radius 1 is 1.14 bits per heavy atom. The SMILES string of the molecule is I.c1coc(CCN=C(NC2CCOCC2)NC2C3CCOC3C23CCC3)c1. The molecular formula is C21H32IN3O3. The molecule has 1 aromatic rings.